The molecule has 5 nitrogen and oxygen atoms in total. The molecule has 0 spiro atoms. The number of urea groups is 1. The lowest BCUT2D eigenvalue weighted by atomic mass is 10.1. The number of aliphatic hydroxyl groups is 1. The van der Waals surface area contributed by atoms with Gasteiger partial charge in [0.15, 0.2) is 0 Å². The molecule has 0 saturated carbocycles. The normalized spacial score (nSPS) is 12.9. The highest BCUT2D eigenvalue weighted by molar-refractivity contribution is 5.90. The molecule has 0 radical (unpaired) electrons. The van der Waals surface area contributed by atoms with Crippen LogP contribution >= 0.6 is 0 Å². The lowest BCUT2D eigenvalue weighted by Gasteiger charge is -2.15. The largest absolute Gasteiger partial charge is 0.479 e. The van der Waals surface area contributed by atoms with E-state index in [-0.39, 0.29) is 18.2 Å². The van der Waals surface area contributed by atoms with Gasteiger partial charge >= 0.3 is 6.03 Å². The number of anilines is 1. The van der Waals surface area contributed by atoms with E-state index < -0.39 is 18.0 Å². The van der Waals surface area contributed by atoms with Crippen LogP contribution in [0.15, 0.2) is 18.2 Å². The number of halogens is 1. The van der Waals surface area contributed by atoms with Crippen molar-refractivity contribution in [3.63, 3.8) is 0 Å². The summed E-state index contributed by atoms with van der Waals surface area (Å²) < 4.78 is 18.5. The Labute approximate surface area is 129 Å². The second-order valence-electron chi connectivity index (χ2n) is 5.16. The fourth-order valence-electron chi connectivity index (χ4n) is 1.94. The monoisotopic (exact) mass is 308 g/mol. The van der Waals surface area contributed by atoms with Crippen LogP contribution in [0.4, 0.5) is 14.9 Å². The minimum Gasteiger partial charge on any atom is -0.479 e. The molecule has 22 heavy (non-hydrogen) atoms. The van der Waals surface area contributed by atoms with Crippen LogP contribution in [-0.4, -0.2) is 30.4 Å². The van der Waals surface area contributed by atoms with Crippen molar-refractivity contribution in [2.45, 2.75) is 26.4 Å². The summed E-state index contributed by atoms with van der Waals surface area (Å²) in [5.74, 6) is 2.23. The van der Waals surface area contributed by atoms with E-state index in [1.165, 1.54) is 12.1 Å². The Morgan fingerprint density at radius 3 is 2.86 bits per heavy atom. The molecule has 1 aromatic rings. The summed E-state index contributed by atoms with van der Waals surface area (Å²) in [7, 11) is 0. The van der Waals surface area contributed by atoms with Gasteiger partial charge in [-0.15, -0.1) is 6.42 Å². The molecule has 2 unspecified atom stereocenters. The number of aliphatic hydroxyl groups excluding tert-OH is 1. The smallest absolute Gasteiger partial charge is 0.319 e. The standard InChI is InChI=1S/C16H21FN2O3/c1-4-7-22-15-6-5-13(17)9-14(15)19-16(21)18-10-11(2)8-12(3)20/h1,5-6,9,11-12,20H,7-8,10H2,2-3H3,(H2,18,19,21). The van der Waals surface area contributed by atoms with Gasteiger partial charge in [0, 0.05) is 12.6 Å². The lowest BCUT2D eigenvalue weighted by Crippen LogP contribution is -2.33. The minimum absolute atomic E-state index is 0.0212. The van der Waals surface area contributed by atoms with E-state index >= 15 is 0 Å². The van der Waals surface area contributed by atoms with Crippen molar-refractivity contribution in [3.05, 3.63) is 24.0 Å². The Bertz CT molecular complexity index is 541. The van der Waals surface area contributed by atoms with Gasteiger partial charge in [-0.1, -0.05) is 12.8 Å². The van der Waals surface area contributed by atoms with E-state index in [0.717, 1.165) is 6.07 Å². The third-order valence-corrected chi connectivity index (χ3v) is 2.86. The van der Waals surface area contributed by atoms with Gasteiger partial charge in [-0.25, -0.2) is 9.18 Å². The number of nitrogens with one attached hydrogen (secondary N) is 2. The number of hydrogen-bond acceptors (Lipinski definition) is 3. The number of carbonyl (C=O) groups is 1. The molecule has 2 amide bonds. The average molecular weight is 308 g/mol. The first kappa shape index (κ1) is 17.8. The molecule has 1 rings (SSSR count). The number of amides is 2. The molecule has 120 valence electrons. The Hall–Kier alpha value is -2.26. The van der Waals surface area contributed by atoms with E-state index in [1.807, 2.05) is 6.92 Å². The molecule has 0 saturated heterocycles. The molecule has 3 N–H and O–H groups in total. The van der Waals surface area contributed by atoms with E-state index in [1.54, 1.807) is 6.92 Å². The van der Waals surface area contributed by atoms with Gasteiger partial charge in [-0.2, -0.15) is 0 Å². The highest BCUT2D eigenvalue weighted by Crippen LogP contribution is 2.25. The Morgan fingerprint density at radius 2 is 2.23 bits per heavy atom. The van der Waals surface area contributed by atoms with Crippen molar-refractivity contribution in [2.75, 3.05) is 18.5 Å². The molecule has 0 aromatic heterocycles. The summed E-state index contributed by atoms with van der Waals surface area (Å²) in [6.07, 6.45) is 5.26. The predicted molar refractivity (Wildman–Crippen MR) is 83.2 cm³/mol. The summed E-state index contributed by atoms with van der Waals surface area (Å²) >= 11 is 0. The number of terminal acetylenes is 1. The van der Waals surface area contributed by atoms with Crippen molar-refractivity contribution in [2.24, 2.45) is 5.92 Å². The van der Waals surface area contributed by atoms with Crippen LogP contribution in [0.1, 0.15) is 20.3 Å². The predicted octanol–water partition coefficient (Wildman–Crippen LogP) is 2.37. The Balaban J connectivity index is 2.59. The van der Waals surface area contributed by atoms with Gasteiger partial charge in [0.2, 0.25) is 0 Å². The lowest BCUT2D eigenvalue weighted by molar-refractivity contribution is 0.163. The third kappa shape index (κ3) is 6.46. The van der Waals surface area contributed by atoms with Crippen LogP contribution in [0.5, 0.6) is 5.75 Å². The van der Waals surface area contributed by atoms with Crippen LogP contribution in [0.25, 0.3) is 0 Å². The van der Waals surface area contributed by atoms with Crippen LogP contribution in [0.2, 0.25) is 0 Å². The fraction of sp³-hybridized carbons (Fsp3) is 0.438. The molecule has 0 aliphatic carbocycles. The van der Waals surface area contributed by atoms with Gasteiger partial charge in [0.1, 0.15) is 18.2 Å². The van der Waals surface area contributed by atoms with Crippen molar-refractivity contribution in [1.82, 2.24) is 5.32 Å². The molecule has 2 atom stereocenters. The topological polar surface area (TPSA) is 70.6 Å². The number of rotatable bonds is 7. The molecule has 6 heteroatoms. The first-order valence-electron chi connectivity index (χ1n) is 7.01. The minimum atomic E-state index is -0.495. The van der Waals surface area contributed by atoms with E-state index in [9.17, 15) is 14.3 Å². The molecule has 1 aromatic carbocycles. The van der Waals surface area contributed by atoms with Crippen molar-refractivity contribution in [3.8, 4) is 18.1 Å². The van der Waals surface area contributed by atoms with Crippen molar-refractivity contribution >= 4 is 11.7 Å². The van der Waals surface area contributed by atoms with Gasteiger partial charge in [0.05, 0.1) is 11.8 Å². The summed E-state index contributed by atoms with van der Waals surface area (Å²) in [6, 6.07) is 3.30. The quantitative estimate of drug-likeness (QED) is 0.677. The van der Waals surface area contributed by atoms with E-state index in [2.05, 4.69) is 16.6 Å². The zero-order chi connectivity index (χ0) is 16.5. The number of carbonyl (C=O) groups excluding carboxylic acids is 1. The Kier molecular flexibility index (Phi) is 7.20. The summed E-state index contributed by atoms with van der Waals surface area (Å²) in [4.78, 5) is 11.8. The first-order chi connectivity index (χ1) is 10.4. The molecule has 0 bridgehead atoms. The summed E-state index contributed by atoms with van der Waals surface area (Å²) in [5.41, 5.74) is 0.205. The first-order valence-corrected chi connectivity index (χ1v) is 7.01. The summed E-state index contributed by atoms with van der Waals surface area (Å²) in [5, 5.41) is 14.5. The Morgan fingerprint density at radius 1 is 1.50 bits per heavy atom. The number of ether oxygens (including phenoxy) is 1. The highest BCUT2D eigenvalue weighted by Gasteiger charge is 2.11. The SMILES string of the molecule is C#CCOc1ccc(F)cc1NC(=O)NCC(C)CC(C)O. The van der Waals surface area contributed by atoms with Crippen LogP contribution in [0.3, 0.4) is 0 Å². The summed E-state index contributed by atoms with van der Waals surface area (Å²) in [6.45, 7) is 4.02. The van der Waals surface area contributed by atoms with E-state index in [4.69, 9.17) is 11.2 Å². The zero-order valence-corrected chi connectivity index (χ0v) is 12.7. The second kappa shape index (κ2) is 8.90. The number of hydrogen-bond donors (Lipinski definition) is 3. The van der Waals surface area contributed by atoms with Crippen molar-refractivity contribution in [1.29, 1.82) is 0 Å². The average Bonchev–Trinajstić information content (AvgIpc) is 2.43. The van der Waals surface area contributed by atoms with E-state index in [0.29, 0.717) is 18.7 Å². The highest BCUT2D eigenvalue weighted by atomic mass is 19.1. The van der Waals surface area contributed by atoms with Crippen LogP contribution < -0.4 is 15.4 Å². The van der Waals surface area contributed by atoms with Gasteiger partial charge in [-0.05, 0) is 31.4 Å². The fourth-order valence-corrected chi connectivity index (χ4v) is 1.94. The zero-order valence-electron chi connectivity index (χ0n) is 12.7. The molecule has 0 fully saturated rings. The molecule has 0 aliphatic heterocycles. The third-order valence-electron chi connectivity index (χ3n) is 2.86. The maximum absolute atomic E-state index is 13.3. The maximum Gasteiger partial charge on any atom is 0.319 e. The molecule has 0 aliphatic rings. The molecule has 0 heterocycles. The van der Waals surface area contributed by atoms with Gasteiger partial charge in [0.25, 0.3) is 0 Å². The molecular formula is C16H21FN2O3. The van der Waals surface area contributed by atoms with Crippen LogP contribution in [-0.2, 0) is 0 Å². The van der Waals surface area contributed by atoms with Gasteiger partial charge in [-0.3, -0.25) is 0 Å². The van der Waals surface area contributed by atoms with Crippen molar-refractivity contribution < 1.29 is 19.0 Å². The molecular weight excluding hydrogens is 287 g/mol. The second-order valence-corrected chi connectivity index (χ2v) is 5.16. The van der Waals surface area contributed by atoms with Crippen LogP contribution in [0, 0.1) is 24.1 Å². The van der Waals surface area contributed by atoms with Gasteiger partial charge < -0.3 is 20.5 Å². The maximum atomic E-state index is 13.3. The number of benzene rings is 1.